The van der Waals surface area contributed by atoms with Gasteiger partial charge in [-0.15, -0.1) is 0 Å². The Morgan fingerprint density at radius 3 is 1.96 bits per heavy atom. The summed E-state index contributed by atoms with van der Waals surface area (Å²) in [5.74, 6) is -1.09. The third-order valence-corrected chi connectivity index (χ3v) is 5.13. The van der Waals surface area contributed by atoms with Crippen LogP contribution in [0.5, 0.6) is 0 Å². The average molecular weight is 370 g/mol. The van der Waals surface area contributed by atoms with Gasteiger partial charge in [-0.25, -0.2) is 9.59 Å². The summed E-state index contributed by atoms with van der Waals surface area (Å²) >= 11 is 0. The zero-order valence-corrected chi connectivity index (χ0v) is 14.3. The van der Waals surface area contributed by atoms with Crippen LogP contribution in [0.2, 0.25) is 0 Å². The summed E-state index contributed by atoms with van der Waals surface area (Å²) in [6.45, 7) is 3.18. The van der Waals surface area contributed by atoms with Gasteiger partial charge in [0.1, 0.15) is 24.4 Å². The fraction of sp³-hybridized carbons (Fsp3) is 0.765. The van der Waals surface area contributed by atoms with Gasteiger partial charge in [0.05, 0.1) is 32.5 Å². The molecular weight excluding hydrogens is 348 g/mol. The highest BCUT2D eigenvalue weighted by Crippen LogP contribution is 2.32. The van der Waals surface area contributed by atoms with Crippen LogP contribution in [-0.4, -0.2) is 86.2 Å². The van der Waals surface area contributed by atoms with Crippen molar-refractivity contribution in [1.29, 1.82) is 0 Å². The van der Waals surface area contributed by atoms with E-state index in [2.05, 4.69) is 0 Å². The van der Waals surface area contributed by atoms with E-state index in [-0.39, 0.29) is 37.9 Å². The minimum atomic E-state index is -0.716. The van der Waals surface area contributed by atoms with Gasteiger partial charge in [0.2, 0.25) is 0 Å². The van der Waals surface area contributed by atoms with E-state index in [1.807, 2.05) is 6.92 Å². The number of ether oxygens (including phenoxy) is 6. The summed E-state index contributed by atoms with van der Waals surface area (Å²) in [5, 5.41) is 9.66. The summed E-state index contributed by atoms with van der Waals surface area (Å²) in [4.78, 5) is 23.8. The van der Waals surface area contributed by atoms with E-state index in [4.69, 9.17) is 28.4 Å². The van der Waals surface area contributed by atoms with Crippen molar-refractivity contribution >= 4 is 11.9 Å². The molecule has 0 saturated carbocycles. The molecule has 144 valence electrons. The second-order valence-corrected chi connectivity index (χ2v) is 7.02. The second kappa shape index (κ2) is 7.24. The number of hydrogen-bond donors (Lipinski definition) is 1. The van der Waals surface area contributed by atoms with Crippen molar-refractivity contribution in [1.82, 2.24) is 0 Å². The smallest absolute Gasteiger partial charge is 0.331 e. The molecule has 0 amide bonds. The van der Waals surface area contributed by atoms with Gasteiger partial charge in [-0.2, -0.15) is 0 Å². The monoisotopic (exact) mass is 370 g/mol. The number of fused-ring (bicyclic) bond motifs is 2. The highest BCUT2D eigenvalue weighted by atomic mass is 16.6. The van der Waals surface area contributed by atoms with Crippen molar-refractivity contribution in [2.75, 3.05) is 26.4 Å². The van der Waals surface area contributed by atoms with Crippen LogP contribution in [-0.2, 0) is 38.0 Å². The highest BCUT2D eigenvalue weighted by molar-refractivity contribution is 5.91. The number of rotatable bonds is 4. The first-order valence-electron chi connectivity index (χ1n) is 8.76. The van der Waals surface area contributed by atoms with Gasteiger partial charge < -0.3 is 33.5 Å². The van der Waals surface area contributed by atoms with Crippen LogP contribution in [0.1, 0.15) is 6.92 Å². The average Bonchev–Trinajstić information content (AvgIpc) is 3.35. The zero-order valence-electron chi connectivity index (χ0n) is 14.3. The Balaban J connectivity index is 1.24. The highest BCUT2D eigenvalue weighted by Gasteiger charge is 2.49. The summed E-state index contributed by atoms with van der Waals surface area (Å²) in [6.07, 6.45) is -1.05. The molecule has 0 unspecified atom stereocenters. The molecule has 4 fully saturated rings. The number of aliphatic hydroxyl groups excluding tert-OH is 1. The Morgan fingerprint density at radius 2 is 1.31 bits per heavy atom. The van der Waals surface area contributed by atoms with Crippen molar-refractivity contribution in [2.45, 2.75) is 49.7 Å². The zero-order chi connectivity index (χ0) is 18.3. The Hall–Kier alpha value is -1.52. The van der Waals surface area contributed by atoms with Crippen molar-refractivity contribution < 1.29 is 43.1 Å². The van der Waals surface area contributed by atoms with Gasteiger partial charge in [0, 0.05) is 18.1 Å². The van der Waals surface area contributed by atoms with Crippen molar-refractivity contribution in [3.63, 3.8) is 0 Å². The lowest BCUT2D eigenvalue weighted by molar-refractivity contribution is -0.150. The molecular formula is C17H22O9. The summed E-state index contributed by atoms with van der Waals surface area (Å²) in [5.41, 5.74) is 0. The lowest BCUT2D eigenvalue weighted by Crippen LogP contribution is -2.34. The normalized spacial score (nSPS) is 44.2. The van der Waals surface area contributed by atoms with Crippen LogP contribution in [0, 0.1) is 5.92 Å². The SMILES string of the molecule is C[C@@H]1CO[C@H]2[C@@H]1OC[C@H]2OC(=O)C=CC(=O)O[C@@H]1CO[C@H]2[C@@H]1OC[C@H]2O. The fourth-order valence-electron chi connectivity index (χ4n) is 3.81. The Bertz CT molecular complexity index is 541. The molecule has 0 aromatic carbocycles. The summed E-state index contributed by atoms with van der Waals surface area (Å²) < 4.78 is 32.5. The number of esters is 2. The maximum atomic E-state index is 11.9. The van der Waals surface area contributed by atoms with Crippen LogP contribution >= 0.6 is 0 Å². The lowest BCUT2D eigenvalue weighted by atomic mass is 10.0. The molecule has 9 nitrogen and oxygen atoms in total. The molecule has 0 spiro atoms. The van der Waals surface area contributed by atoms with Crippen LogP contribution < -0.4 is 0 Å². The molecule has 8 atom stereocenters. The molecule has 0 radical (unpaired) electrons. The molecule has 4 heterocycles. The second-order valence-electron chi connectivity index (χ2n) is 7.02. The van der Waals surface area contributed by atoms with Gasteiger partial charge >= 0.3 is 11.9 Å². The van der Waals surface area contributed by atoms with E-state index in [0.717, 1.165) is 12.2 Å². The van der Waals surface area contributed by atoms with Gasteiger partial charge in [-0.05, 0) is 0 Å². The van der Waals surface area contributed by atoms with E-state index in [1.54, 1.807) is 0 Å². The quantitative estimate of drug-likeness (QED) is 0.490. The number of aliphatic hydroxyl groups is 1. The first kappa shape index (κ1) is 17.9. The van der Waals surface area contributed by atoms with E-state index in [0.29, 0.717) is 6.61 Å². The molecule has 1 N–H and O–H groups in total. The lowest BCUT2D eigenvalue weighted by Gasteiger charge is -2.16. The molecule has 0 aliphatic carbocycles. The summed E-state index contributed by atoms with van der Waals surface area (Å²) in [6, 6.07) is 0. The molecule has 4 aliphatic rings. The Morgan fingerprint density at radius 1 is 0.808 bits per heavy atom. The molecule has 0 aromatic rings. The molecule has 4 aliphatic heterocycles. The third-order valence-electron chi connectivity index (χ3n) is 5.13. The van der Waals surface area contributed by atoms with E-state index < -0.39 is 42.5 Å². The van der Waals surface area contributed by atoms with Gasteiger partial charge in [-0.3, -0.25) is 0 Å². The topological polar surface area (TPSA) is 110 Å². The Labute approximate surface area is 150 Å². The number of hydrogen-bond acceptors (Lipinski definition) is 9. The molecule has 0 bridgehead atoms. The minimum Gasteiger partial charge on any atom is -0.454 e. The van der Waals surface area contributed by atoms with Crippen LogP contribution in [0.25, 0.3) is 0 Å². The minimum absolute atomic E-state index is 0.0566. The first-order chi connectivity index (χ1) is 12.5. The molecule has 4 saturated heterocycles. The molecule has 9 heteroatoms. The molecule has 0 aromatic heterocycles. The third kappa shape index (κ3) is 3.37. The summed E-state index contributed by atoms with van der Waals surface area (Å²) in [7, 11) is 0. The Kier molecular flexibility index (Phi) is 4.98. The largest absolute Gasteiger partial charge is 0.454 e. The van der Waals surface area contributed by atoms with Crippen molar-refractivity contribution in [3.05, 3.63) is 12.2 Å². The van der Waals surface area contributed by atoms with Gasteiger partial charge in [-0.1, -0.05) is 6.92 Å². The van der Waals surface area contributed by atoms with E-state index in [1.165, 1.54) is 0 Å². The van der Waals surface area contributed by atoms with Crippen LogP contribution in [0.15, 0.2) is 12.2 Å². The maximum absolute atomic E-state index is 11.9. The first-order valence-corrected chi connectivity index (χ1v) is 8.76. The van der Waals surface area contributed by atoms with Crippen molar-refractivity contribution in [2.24, 2.45) is 5.92 Å². The van der Waals surface area contributed by atoms with Crippen LogP contribution in [0.4, 0.5) is 0 Å². The van der Waals surface area contributed by atoms with Gasteiger partial charge in [0.25, 0.3) is 0 Å². The van der Waals surface area contributed by atoms with Crippen LogP contribution in [0.3, 0.4) is 0 Å². The predicted molar refractivity (Wildman–Crippen MR) is 83.0 cm³/mol. The number of carbonyl (C=O) groups is 2. The fourth-order valence-corrected chi connectivity index (χ4v) is 3.81. The maximum Gasteiger partial charge on any atom is 0.331 e. The van der Waals surface area contributed by atoms with E-state index >= 15 is 0 Å². The predicted octanol–water partition coefficient (Wildman–Crippen LogP) is -1.04. The van der Waals surface area contributed by atoms with Gasteiger partial charge in [0.15, 0.2) is 12.2 Å². The number of carbonyl (C=O) groups excluding carboxylic acids is 2. The van der Waals surface area contributed by atoms with E-state index in [9.17, 15) is 14.7 Å². The standard InChI is InChI=1S/C17H22O9/c1-8-4-21-16-10(6-23-14(8)16)25-12(19)2-3-13(20)26-11-7-24-15-9(18)5-22-17(11)15/h2-3,8-11,14-18H,4-7H2,1H3/t8-,9-,10-,11-,14-,15-,16-,17-/m1/s1. The molecule has 26 heavy (non-hydrogen) atoms. The van der Waals surface area contributed by atoms with Crippen molar-refractivity contribution in [3.8, 4) is 0 Å². The molecule has 4 rings (SSSR count).